The van der Waals surface area contributed by atoms with E-state index < -0.39 is 0 Å². The van der Waals surface area contributed by atoms with E-state index >= 15 is 0 Å². The minimum absolute atomic E-state index is 0.205. The van der Waals surface area contributed by atoms with E-state index in [0.29, 0.717) is 12.3 Å². The Morgan fingerprint density at radius 2 is 2.40 bits per heavy atom. The van der Waals surface area contributed by atoms with Gasteiger partial charge in [0, 0.05) is 12.3 Å². The smallest absolute Gasteiger partial charge is 0.310 e. The van der Waals surface area contributed by atoms with Crippen molar-refractivity contribution in [3.8, 4) is 0 Å². The van der Waals surface area contributed by atoms with E-state index in [0.717, 1.165) is 6.42 Å². The Balaban J connectivity index is 3.30. The van der Waals surface area contributed by atoms with Crippen molar-refractivity contribution < 1.29 is 9.53 Å². The van der Waals surface area contributed by atoms with E-state index in [2.05, 4.69) is 4.74 Å². The lowest BCUT2D eigenvalue weighted by Crippen LogP contribution is -1.97. The number of allylic oxidation sites excluding steroid dienone is 1. The van der Waals surface area contributed by atoms with Gasteiger partial charge < -0.3 is 4.74 Å². The van der Waals surface area contributed by atoms with E-state index in [9.17, 15) is 4.79 Å². The first-order valence-electron chi connectivity index (χ1n) is 3.21. The Morgan fingerprint density at radius 3 is 2.90 bits per heavy atom. The third-order valence-corrected chi connectivity index (χ3v) is 1.02. The zero-order valence-corrected chi connectivity index (χ0v) is 6.73. The van der Waals surface area contributed by atoms with Crippen LogP contribution < -0.4 is 0 Å². The first-order chi connectivity index (χ1) is 4.81. The van der Waals surface area contributed by atoms with Gasteiger partial charge >= 0.3 is 5.97 Å². The summed E-state index contributed by atoms with van der Waals surface area (Å²) in [5, 5.41) is 0. The van der Waals surface area contributed by atoms with E-state index in [1.54, 1.807) is 6.08 Å². The zero-order valence-electron chi connectivity index (χ0n) is 5.97. The minimum atomic E-state index is -0.205. The van der Waals surface area contributed by atoms with Crippen LogP contribution >= 0.6 is 11.6 Å². The molecule has 0 unspecified atom stereocenters. The maximum absolute atomic E-state index is 10.6. The molecule has 0 amide bonds. The number of esters is 1. The number of alkyl halides is 1. The van der Waals surface area contributed by atoms with Crippen LogP contribution in [0.25, 0.3) is 0 Å². The summed E-state index contributed by atoms with van der Waals surface area (Å²) in [5.41, 5.74) is 0. The van der Waals surface area contributed by atoms with Crippen LogP contribution in [0, 0.1) is 0 Å². The molecule has 0 spiro atoms. The third-order valence-electron chi connectivity index (χ3n) is 0.839. The molecule has 0 aliphatic heterocycles. The van der Waals surface area contributed by atoms with Gasteiger partial charge in [0.1, 0.15) is 0 Å². The Bertz CT molecular complexity index is 121. The van der Waals surface area contributed by atoms with Crippen molar-refractivity contribution >= 4 is 17.6 Å². The van der Waals surface area contributed by atoms with Gasteiger partial charge in [0.25, 0.3) is 0 Å². The van der Waals surface area contributed by atoms with E-state index in [1.807, 2.05) is 6.92 Å². The molecule has 0 rings (SSSR count). The molecule has 0 saturated heterocycles. The molecule has 0 aliphatic rings. The predicted octanol–water partition coefficient (Wildman–Crippen LogP) is 2.08. The normalized spacial score (nSPS) is 10.2. The Labute approximate surface area is 65.8 Å². The molecule has 0 N–H and O–H groups in total. The van der Waals surface area contributed by atoms with Gasteiger partial charge in [-0.3, -0.25) is 4.79 Å². The van der Waals surface area contributed by atoms with Crippen LogP contribution in [0.3, 0.4) is 0 Å². The molecule has 0 aromatic heterocycles. The summed E-state index contributed by atoms with van der Waals surface area (Å²) >= 11 is 5.28. The average molecular weight is 163 g/mol. The van der Waals surface area contributed by atoms with Crippen LogP contribution in [0.2, 0.25) is 0 Å². The van der Waals surface area contributed by atoms with E-state index in [1.165, 1.54) is 6.26 Å². The maximum Gasteiger partial charge on any atom is 0.310 e. The fourth-order valence-electron chi connectivity index (χ4n) is 0.423. The summed E-state index contributed by atoms with van der Waals surface area (Å²) < 4.78 is 4.62. The first kappa shape index (κ1) is 9.50. The van der Waals surface area contributed by atoms with Gasteiger partial charge in [-0.25, -0.2) is 0 Å². The molecule has 58 valence electrons. The molecular formula is C7H11ClO2. The van der Waals surface area contributed by atoms with Crippen molar-refractivity contribution in [3.63, 3.8) is 0 Å². The van der Waals surface area contributed by atoms with Crippen molar-refractivity contribution in [1.82, 2.24) is 0 Å². The summed E-state index contributed by atoms with van der Waals surface area (Å²) in [6.45, 7) is 1.92. The zero-order chi connectivity index (χ0) is 7.82. The quantitative estimate of drug-likeness (QED) is 0.360. The van der Waals surface area contributed by atoms with Gasteiger partial charge in [-0.2, -0.15) is 0 Å². The summed E-state index contributed by atoms with van der Waals surface area (Å²) in [7, 11) is 0. The molecule has 0 atom stereocenters. The molecule has 3 heteroatoms. The lowest BCUT2D eigenvalue weighted by atomic mass is 10.3. The number of carbonyl (C=O) groups excluding carboxylic acids is 1. The molecule has 0 heterocycles. The van der Waals surface area contributed by atoms with Gasteiger partial charge in [0.15, 0.2) is 0 Å². The molecule has 0 aliphatic carbocycles. The van der Waals surface area contributed by atoms with Crippen LogP contribution in [0.1, 0.15) is 19.8 Å². The number of rotatable bonds is 4. The third kappa shape index (κ3) is 5.63. The van der Waals surface area contributed by atoms with Crippen molar-refractivity contribution in [1.29, 1.82) is 0 Å². The average Bonchev–Trinajstić information content (AvgIpc) is 1.89. The molecule has 0 saturated carbocycles. The highest BCUT2D eigenvalue weighted by molar-refractivity contribution is 6.18. The van der Waals surface area contributed by atoms with Gasteiger partial charge in [0.2, 0.25) is 0 Å². The van der Waals surface area contributed by atoms with Crippen molar-refractivity contribution in [3.05, 3.63) is 12.3 Å². The van der Waals surface area contributed by atoms with Gasteiger partial charge in [-0.15, -0.1) is 11.6 Å². The molecule has 0 bridgehead atoms. The Hall–Kier alpha value is -0.500. The number of hydrogen-bond acceptors (Lipinski definition) is 2. The highest BCUT2D eigenvalue weighted by atomic mass is 35.5. The van der Waals surface area contributed by atoms with Crippen LogP contribution in [0.5, 0.6) is 0 Å². The second-order valence-corrected chi connectivity index (χ2v) is 2.07. The lowest BCUT2D eigenvalue weighted by Gasteiger charge is -1.93. The highest BCUT2D eigenvalue weighted by Crippen LogP contribution is 1.91. The first-order valence-corrected chi connectivity index (χ1v) is 3.75. The van der Waals surface area contributed by atoms with Crippen LogP contribution in [-0.4, -0.2) is 11.8 Å². The van der Waals surface area contributed by atoms with Crippen molar-refractivity contribution in [2.24, 2.45) is 0 Å². The van der Waals surface area contributed by atoms with Gasteiger partial charge in [0.05, 0.1) is 6.26 Å². The minimum Gasteiger partial charge on any atom is -0.435 e. The number of halogens is 1. The fraction of sp³-hybridized carbons (Fsp3) is 0.571. The predicted molar refractivity (Wildman–Crippen MR) is 40.9 cm³/mol. The Kier molecular flexibility index (Phi) is 6.29. The standard InChI is InChI=1S/C7H11ClO2/c1-2-4-7(9)10-6-3-5-8/h3,6H,2,4-5H2,1H3/b6-3+. The van der Waals surface area contributed by atoms with Gasteiger partial charge in [-0.05, 0) is 12.5 Å². The molecule has 0 aromatic carbocycles. The number of carbonyl (C=O) groups is 1. The van der Waals surface area contributed by atoms with Crippen LogP contribution in [0.15, 0.2) is 12.3 Å². The second kappa shape index (κ2) is 6.62. The second-order valence-electron chi connectivity index (χ2n) is 1.77. The van der Waals surface area contributed by atoms with Crippen molar-refractivity contribution in [2.75, 3.05) is 5.88 Å². The summed E-state index contributed by atoms with van der Waals surface area (Å²) in [5.74, 6) is 0.170. The van der Waals surface area contributed by atoms with Crippen molar-refractivity contribution in [2.45, 2.75) is 19.8 Å². The largest absolute Gasteiger partial charge is 0.435 e. The summed E-state index contributed by atoms with van der Waals surface area (Å²) in [6.07, 6.45) is 4.18. The number of hydrogen-bond donors (Lipinski definition) is 0. The lowest BCUT2D eigenvalue weighted by molar-refractivity contribution is -0.138. The summed E-state index contributed by atoms with van der Waals surface area (Å²) in [6, 6.07) is 0. The Morgan fingerprint density at radius 1 is 1.70 bits per heavy atom. The number of ether oxygens (including phenoxy) is 1. The van der Waals surface area contributed by atoms with Crippen LogP contribution in [0.4, 0.5) is 0 Å². The van der Waals surface area contributed by atoms with E-state index in [4.69, 9.17) is 11.6 Å². The monoisotopic (exact) mass is 162 g/mol. The van der Waals surface area contributed by atoms with Gasteiger partial charge in [-0.1, -0.05) is 6.92 Å². The maximum atomic E-state index is 10.6. The summed E-state index contributed by atoms with van der Waals surface area (Å²) in [4.78, 5) is 10.6. The molecule has 2 nitrogen and oxygen atoms in total. The van der Waals surface area contributed by atoms with E-state index in [-0.39, 0.29) is 5.97 Å². The molecule has 10 heavy (non-hydrogen) atoms. The molecule has 0 fully saturated rings. The molecule has 0 aromatic rings. The molecular weight excluding hydrogens is 152 g/mol. The highest BCUT2D eigenvalue weighted by Gasteiger charge is 1.95. The van der Waals surface area contributed by atoms with Crippen LogP contribution in [-0.2, 0) is 9.53 Å². The topological polar surface area (TPSA) is 26.3 Å². The SMILES string of the molecule is CCCC(=O)O/C=C/CCl. The fourth-order valence-corrected chi connectivity index (χ4v) is 0.496. The molecule has 0 radical (unpaired) electrons.